The number of esters is 2. The van der Waals surface area contributed by atoms with E-state index in [-0.39, 0.29) is 5.97 Å². The quantitative estimate of drug-likeness (QED) is 0.153. The van der Waals surface area contributed by atoms with Gasteiger partial charge in [-0.1, -0.05) is 67.8 Å². The maximum atomic E-state index is 11.7. The van der Waals surface area contributed by atoms with E-state index in [4.69, 9.17) is 9.47 Å². The van der Waals surface area contributed by atoms with Crippen LogP contribution in [0.4, 0.5) is 0 Å². The fraction of sp³-hybridized carbons (Fsp3) is 0.200. The van der Waals surface area contributed by atoms with E-state index in [1.54, 1.807) is 26.0 Å². The topological polar surface area (TPSA) is 52.6 Å². The first-order valence-corrected chi connectivity index (χ1v) is 11.3. The average molecular weight is 455 g/mol. The fourth-order valence-corrected chi connectivity index (χ4v) is 3.49. The van der Waals surface area contributed by atoms with Gasteiger partial charge in [-0.05, 0) is 79.1 Å². The summed E-state index contributed by atoms with van der Waals surface area (Å²) in [5.74, 6) is -0.262. The van der Waals surface area contributed by atoms with Gasteiger partial charge in [-0.3, -0.25) is 0 Å². The summed E-state index contributed by atoms with van der Waals surface area (Å²) in [6.07, 6.45) is 1.62. The predicted octanol–water partition coefficient (Wildman–Crippen LogP) is 6.86. The predicted molar refractivity (Wildman–Crippen MR) is 137 cm³/mol. The molecule has 174 valence electrons. The molecule has 0 aliphatic carbocycles. The largest absolute Gasteiger partial charge is 0.462 e. The highest BCUT2D eigenvalue weighted by Crippen LogP contribution is 2.30. The van der Waals surface area contributed by atoms with Crippen LogP contribution in [0.5, 0.6) is 5.75 Å². The fourth-order valence-electron chi connectivity index (χ4n) is 3.49. The van der Waals surface area contributed by atoms with Crippen molar-refractivity contribution in [2.24, 2.45) is 0 Å². The molecule has 0 aliphatic heterocycles. The number of carbonyl (C=O) groups is 2. The Bertz CT molecular complexity index is 1200. The third-order valence-electron chi connectivity index (χ3n) is 5.43. The standard InChI is InChI=1S/C30H30O4/c1-20(2)29(31)33-18-6-7-23-8-10-24(11-9-23)26-14-17-28(22(5)19-26)25-12-15-27(16-13-25)34-30(32)21(3)4/h8-17,19H,1,3,6-7,18H2,2,4-5H3. The van der Waals surface area contributed by atoms with Crippen LogP contribution in [-0.4, -0.2) is 18.5 Å². The van der Waals surface area contributed by atoms with Crippen LogP contribution in [0.2, 0.25) is 0 Å². The average Bonchev–Trinajstić information content (AvgIpc) is 2.82. The molecule has 4 nitrogen and oxygen atoms in total. The van der Waals surface area contributed by atoms with Gasteiger partial charge in [0.05, 0.1) is 6.61 Å². The Morgan fingerprint density at radius 3 is 1.94 bits per heavy atom. The Hall–Kier alpha value is -3.92. The summed E-state index contributed by atoms with van der Waals surface area (Å²) in [4.78, 5) is 23.1. The molecule has 3 aromatic rings. The molecule has 0 aromatic heterocycles. The van der Waals surface area contributed by atoms with Gasteiger partial charge in [0.2, 0.25) is 0 Å². The second-order valence-electron chi connectivity index (χ2n) is 8.44. The van der Waals surface area contributed by atoms with Gasteiger partial charge in [0.15, 0.2) is 0 Å². The lowest BCUT2D eigenvalue weighted by molar-refractivity contribution is -0.139. The van der Waals surface area contributed by atoms with Crippen LogP contribution in [0.15, 0.2) is 91.0 Å². The third-order valence-corrected chi connectivity index (χ3v) is 5.43. The van der Waals surface area contributed by atoms with Crippen LogP contribution in [0.3, 0.4) is 0 Å². The lowest BCUT2D eigenvalue weighted by Crippen LogP contribution is -2.07. The van der Waals surface area contributed by atoms with E-state index in [9.17, 15) is 9.59 Å². The second kappa shape index (κ2) is 11.3. The summed E-state index contributed by atoms with van der Waals surface area (Å²) in [5.41, 5.74) is 7.64. The molecular weight excluding hydrogens is 424 g/mol. The van der Waals surface area contributed by atoms with Crippen molar-refractivity contribution in [2.45, 2.75) is 33.6 Å². The van der Waals surface area contributed by atoms with Gasteiger partial charge < -0.3 is 9.47 Å². The Kier molecular flexibility index (Phi) is 8.20. The molecule has 3 rings (SSSR count). The molecule has 0 saturated carbocycles. The normalized spacial score (nSPS) is 10.4. The molecule has 0 spiro atoms. The van der Waals surface area contributed by atoms with E-state index < -0.39 is 5.97 Å². The minimum absolute atomic E-state index is 0.337. The molecule has 0 amide bonds. The molecule has 0 radical (unpaired) electrons. The summed E-state index contributed by atoms with van der Waals surface area (Å²) in [7, 11) is 0. The Morgan fingerprint density at radius 2 is 1.35 bits per heavy atom. The van der Waals surface area contributed by atoms with Crippen molar-refractivity contribution >= 4 is 11.9 Å². The zero-order valence-electron chi connectivity index (χ0n) is 20.0. The van der Waals surface area contributed by atoms with Gasteiger partial charge in [0.1, 0.15) is 5.75 Å². The van der Waals surface area contributed by atoms with Crippen LogP contribution in [0.1, 0.15) is 31.4 Å². The number of ether oxygens (including phenoxy) is 2. The van der Waals surface area contributed by atoms with Crippen molar-refractivity contribution in [3.05, 3.63) is 102 Å². The van der Waals surface area contributed by atoms with Gasteiger partial charge in [-0.2, -0.15) is 0 Å². The van der Waals surface area contributed by atoms with Crippen molar-refractivity contribution in [2.75, 3.05) is 6.61 Å². The molecule has 0 bridgehead atoms. The van der Waals surface area contributed by atoms with Gasteiger partial charge in [-0.15, -0.1) is 0 Å². The zero-order chi connectivity index (χ0) is 24.7. The molecule has 4 heteroatoms. The SMILES string of the molecule is C=C(C)C(=O)OCCCc1ccc(-c2ccc(-c3ccc(OC(=O)C(=C)C)cc3)c(C)c2)cc1. The number of rotatable bonds is 9. The number of hydrogen-bond acceptors (Lipinski definition) is 4. The van der Waals surface area contributed by atoms with Crippen molar-refractivity contribution in [3.8, 4) is 28.0 Å². The van der Waals surface area contributed by atoms with Gasteiger partial charge in [-0.25, -0.2) is 9.59 Å². The Labute approximate surface area is 201 Å². The molecule has 0 unspecified atom stereocenters. The molecular formula is C30H30O4. The maximum absolute atomic E-state index is 11.7. The molecule has 0 saturated heterocycles. The highest BCUT2D eigenvalue weighted by atomic mass is 16.5. The zero-order valence-corrected chi connectivity index (χ0v) is 20.0. The Balaban J connectivity index is 1.63. The summed E-state index contributed by atoms with van der Waals surface area (Å²) >= 11 is 0. The summed E-state index contributed by atoms with van der Waals surface area (Å²) in [6.45, 7) is 12.9. The van der Waals surface area contributed by atoms with Gasteiger partial charge in [0, 0.05) is 11.1 Å². The Morgan fingerprint density at radius 1 is 0.765 bits per heavy atom. The van der Waals surface area contributed by atoms with E-state index in [1.807, 2.05) is 12.1 Å². The molecule has 0 atom stereocenters. The molecule has 34 heavy (non-hydrogen) atoms. The molecule has 0 fully saturated rings. The van der Waals surface area contributed by atoms with E-state index in [0.29, 0.717) is 23.5 Å². The number of hydrogen-bond donors (Lipinski definition) is 0. The van der Waals surface area contributed by atoms with Crippen LogP contribution in [0, 0.1) is 6.92 Å². The highest BCUT2D eigenvalue weighted by Gasteiger charge is 2.08. The van der Waals surface area contributed by atoms with E-state index in [1.165, 1.54) is 5.56 Å². The maximum Gasteiger partial charge on any atom is 0.338 e. The lowest BCUT2D eigenvalue weighted by Gasteiger charge is -2.11. The van der Waals surface area contributed by atoms with Crippen molar-refractivity contribution in [1.29, 1.82) is 0 Å². The first kappa shape index (κ1) is 24.7. The van der Waals surface area contributed by atoms with Crippen molar-refractivity contribution in [1.82, 2.24) is 0 Å². The number of carbonyl (C=O) groups excluding carboxylic acids is 2. The number of aryl methyl sites for hydroxylation is 2. The van der Waals surface area contributed by atoms with E-state index in [0.717, 1.165) is 40.7 Å². The van der Waals surface area contributed by atoms with Crippen molar-refractivity contribution < 1.29 is 19.1 Å². The second-order valence-corrected chi connectivity index (χ2v) is 8.44. The number of benzene rings is 3. The molecule has 3 aromatic carbocycles. The molecule has 0 N–H and O–H groups in total. The van der Waals surface area contributed by atoms with Crippen LogP contribution >= 0.6 is 0 Å². The third kappa shape index (κ3) is 6.55. The molecule has 0 aliphatic rings. The van der Waals surface area contributed by atoms with Gasteiger partial charge >= 0.3 is 11.9 Å². The first-order valence-electron chi connectivity index (χ1n) is 11.3. The summed E-state index contributed by atoms with van der Waals surface area (Å²) in [5, 5.41) is 0. The summed E-state index contributed by atoms with van der Waals surface area (Å²) in [6, 6.07) is 22.4. The smallest absolute Gasteiger partial charge is 0.338 e. The van der Waals surface area contributed by atoms with Crippen LogP contribution in [0.25, 0.3) is 22.3 Å². The minimum Gasteiger partial charge on any atom is -0.462 e. The van der Waals surface area contributed by atoms with Gasteiger partial charge in [0.25, 0.3) is 0 Å². The van der Waals surface area contributed by atoms with Crippen LogP contribution in [-0.2, 0) is 20.7 Å². The van der Waals surface area contributed by atoms with E-state index >= 15 is 0 Å². The minimum atomic E-state index is -0.425. The summed E-state index contributed by atoms with van der Waals surface area (Å²) < 4.78 is 10.4. The van der Waals surface area contributed by atoms with Crippen LogP contribution < -0.4 is 4.74 Å². The van der Waals surface area contributed by atoms with Crippen molar-refractivity contribution in [3.63, 3.8) is 0 Å². The van der Waals surface area contributed by atoms with E-state index in [2.05, 4.69) is 62.5 Å². The first-order chi connectivity index (χ1) is 16.2. The monoisotopic (exact) mass is 454 g/mol. The highest BCUT2D eigenvalue weighted by molar-refractivity contribution is 5.89. The molecule has 0 heterocycles. The lowest BCUT2D eigenvalue weighted by atomic mass is 9.95.